The van der Waals surface area contributed by atoms with E-state index in [4.69, 9.17) is 4.74 Å². The molecule has 3 heteroatoms. The monoisotopic (exact) mass is 292 g/mol. The van der Waals surface area contributed by atoms with Crippen molar-refractivity contribution >= 4 is 5.97 Å². The smallest absolute Gasteiger partial charge is 0.311 e. The number of ether oxygens (including phenoxy) is 1. The van der Waals surface area contributed by atoms with Crippen LogP contribution in [0.3, 0.4) is 0 Å². The Kier molecular flexibility index (Phi) is 6.41. The van der Waals surface area contributed by atoms with Gasteiger partial charge in [-0.05, 0) is 25.8 Å². The molecule has 0 radical (unpaired) electrons. The molecule has 0 bridgehead atoms. The highest BCUT2D eigenvalue weighted by atomic mass is 16.5. The number of esters is 1. The number of likely N-dealkylation sites (N-methyl/N-ethyl adjacent to an activating group) is 1. The molecule has 0 aliphatic rings. The van der Waals surface area contributed by atoms with Crippen LogP contribution in [0, 0.1) is 5.41 Å². The maximum Gasteiger partial charge on any atom is 0.311 e. The third-order valence-electron chi connectivity index (χ3n) is 4.21. The molecule has 3 nitrogen and oxygen atoms in total. The lowest BCUT2D eigenvalue weighted by Crippen LogP contribution is -2.44. The largest absolute Gasteiger partial charge is 0.459 e. The number of carbonyl (C=O) groups is 1. The van der Waals surface area contributed by atoms with E-state index < -0.39 is 0 Å². The molecule has 1 aromatic carbocycles. The van der Waals surface area contributed by atoms with E-state index in [1.54, 1.807) is 0 Å². The van der Waals surface area contributed by atoms with Crippen LogP contribution in [-0.4, -0.2) is 44.2 Å². The van der Waals surface area contributed by atoms with Crippen molar-refractivity contribution in [3.05, 3.63) is 35.9 Å². The molecule has 0 N–H and O–H groups in total. The number of rotatable bonds is 8. The van der Waals surface area contributed by atoms with E-state index >= 15 is 0 Å². The van der Waals surface area contributed by atoms with Gasteiger partial charge in [0, 0.05) is 6.42 Å². The average Bonchev–Trinajstić information content (AvgIpc) is 2.46. The number of hydrogen-bond acceptors (Lipinski definition) is 2. The maximum absolute atomic E-state index is 11.9. The van der Waals surface area contributed by atoms with Gasteiger partial charge in [0.15, 0.2) is 0 Å². The summed E-state index contributed by atoms with van der Waals surface area (Å²) in [5, 5.41) is 0. The molecule has 0 unspecified atom stereocenters. The van der Waals surface area contributed by atoms with E-state index in [0.717, 1.165) is 30.4 Å². The summed E-state index contributed by atoms with van der Waals surface area (Å²) >= 11 is 0. The zero-order valence-electron chi connectivity index (χ0n) is 14.2. The van der Waals surface area contributed by atoms with Crippen LogP contribution in [0.5, 0.6) is 0 Å². The Bertz CT molecular complexity index is 438. The highest BCUT2D eigenvalue weighted by Gasteiger charge is 2.27. The van der Waals surface area contributed by atoms with Crippen molar-refractivity contribution in [1.82, 2.24) is 0 Å². The number of quaternary nitrogens is 1. The lowest BCUT2D eigenvalue weighted by Gasteiger charge is -2.30. The third kappa shape index (κ3) is 6.30. The van der Waals surface area contributed by atoms with Crippen LogP contribution < -0.4 is 0 Å². The summed E-state index contributed by atoms with van der Waals surface area (Å²) in [5.74, 6) is -0.0898. The summed E-state index contributed by atoms with van der Waals surface area (Å²) in [7, 11) is 4.36. The lowest BCUT2D eigenvalue weighted by atomic mass is 9.91. The summed E-state index contributed by atoms with van der Waals surface area (Å²) in [5.41, 5.74) is 0.981. The molecule has 0 aliphatic heterocycles. The van der Waals surface area contributed by atoms with E-state index in [2.05, 4.69) is 38.4 Å². The molecule has 21 heavy (non-hydrogen) atoms. The molecule has 0 saturated carbocycles. The van der Waals surface area contributed by atoms with Crippen molar-refractivity contribution in [2.75, 3.05) is 33.8 Å². The highest BCUT2D eigenvalue weighted by molar-refractivity contribution is 5.75. The fourth-order valence-corrected chi connectivity index (χ4v) is 1.91. The molecule has 0 amide bonds. The van der Waals surface area contributed by atoms with Crippen LogP contribution in [-0.2, 0) is 16.0 Å². The summed E-state index contributed by atoms with van der Waals surface area (Å²) in [6.45, 7) is 8.26. The van der Waals surface area contributed by atoms with Crippen LogP contribution in [0.25, 0.3) is 0 Å². The van der Waals surface area contributed by atoms with Crippen molar-refractivity contribution in [3.63, 3.8) is 0 Å². The molecule has 0 heterocycles. The first kappa shape index (κ1) is 17.7. The molecule has 0 atom stereocenters. The van der Waals surface area contributed by atoms with Crippen molar-refractivity contribution < 1.29 is 14.0 Å². The van der Waals surface area contributed by atoms with E-state index in [0.29, 0.717) is 6.61 Å². The maximum atomic E-state index is 11.9. The van der Waals surface area contributed by atoms with E-state index in [1.807, 2.05) is 26.8 Å². The standard InChI is InChI=1S/C18H30NO2/c1-6-18(2,3)17(20)21-15-14-19(4,5)13-12-16-10-8-7-9-11-16/h7-11H,6,12-15H2,1-5H3/q+1. The van der Waals surface area contributed by atoms with E-state index in [9.17, 15) is 4.79 Å². The minimum atomic E-state index is -0.374. The Morgan fingerprint density at radius 2 is 1.76 bits per heavy atom. The molecule has 0 saturated heterocycles. The van der Waals surface area contributed by atoms with Gasteiger partial charge in [-0.1, -0.05) is 37.3 Å². The predicted octanol–water partition coefficient (Wildman–Crippen LogP) is 3.28. The van der Waals surface area contributed by atoms with Crippen LogP contribution in [0.2, 0.25) is 0 Å². The van der Waals surface area contributed by atoms with Gasteiger partial charge in [-0.15, -0.1) is 0 Å². The second-order valence-corrected chi connectivity index (χ2v) is 6.99. The van der Waals surface area contributed by atoms with Crippen molar-refractivity contribution in [1.29, 1.82) is 0 Å². The molecule has 0 aromatic heterocycles. The molecular formula is C18H30NO2+. The molecule has 0 spiro atoms. The lowest BCUT2D eigenvalue weighted by molar-refractivity contribution is -0.890. The summed E-state index contributed by atoms with van der Waals surface area (Å²) in [4.78, 5) is 11.9. The van der Waals surface area contributed by atoms with Crippen LogP contribution >= 0.6 is 0 Å². The normalized spacial score (nSPS) is 12.2. The van der Waals surface area contributed by atoms with Crippen LogP contribution in [0.4, 0.5) is 0 Å². The predicted molar refractivity (Wildman–Crippen MR) is 87.0 cm³/mol. The van der Waals surface area contributed by atoms with Crippen molar-refractivity contribution in [2.45, 2.75) is 33.6 Å². The van der Waals surface area contributed by atoms with Gasteiger partial charge in [0.1, 0.15) is 13.2 Å². The summed E-state index contributed by atoms with van der Waals surface area (Å²) < 4.78 is 6.29. The zero-order chi connectivity index (χ0) is 15.9. The summed E-state index contributed by atoms with van der Waals surface area (Å²) in [6, 6.07) is 10.5. The Morgan fingerprint density at radius 1 is 1.14 bits per heavy atom. The third-order valence-corrected chi connectivity index (χ3v) is 4.21. The molecule has 118 valence electrons. The number of hydrogen-bond donors (Lipinski definition) is 0. The minimum absolute atomic E-state index is 0.0898. The Labute approximate surface area is 129 Å². The van der Waals surface area contributed by atoms with Gasteiger partial charge in [0.05, 0.1) is 26.1 Å². The van der Waals surface area contributed by atoms with Crippen LogP contribution in [0.1, 0.15) is 32.8 Å². The summed E-state index contributed by atoms with van der Waals surface area (Å²) in [6.07, 6.45) is 1.85. The SMILES string of the molecule is CCC(C)(C)C(=O)OCC[N+](C)(C)CCc1ccccc1. The number of benzene rings is 1. The quantitative estimate of drug-likeness (QED) is 0.543. The second kappa shape index (κ2) is 7.60. The van der Waals surface area contributed by atoms with Gasteiger partial charge < -0.3 is 9.22 Å². The second-order valence-electron chi connectivity index (χ2n) is 6.99. The van der Waals surface area contributed by atoms with Gasteiger partial charge in [-0.3, -0.25) is 4.79 Å². The first-order valence-corrected chi connectivity index (χ1v) is 7.80. The van der Waals surface area contributed by atoms with Gasteiger partial charge in [-0.25, -0.2) is 0 Å². The van der Waals surface area contributed by atoms with Crippen molar-refractivity contribution in [2.24, 2.45) is 5.41 Å². The molecule has 0 aliphatic carbocycles. The Morgan fingerprint density at radius 3 is 2.33 bits per heavy atom. The average molecular weight is 292 g/mol. The van der Waals surface area contributed by atoms with Gasteiger partial charge in [-0.2, -0.15) is 0 Å². The van der Waals surface area contributed by atoms with Crippen molar-refractivity contribution in [3.8, 4) is 0 Å². The van der Waals surface area contributed by atoms with E-state index in [-0.39, 0.29) is 11.4 Å². The number of nitrogens with zero attached hydrogens (tertiary/aromatic N) is 1. The van der Waals surface area contributed by atoms with Gasteiger partial charge in [0.2, 0.25) is 0 Å². The first-order valence-electron chi connectivity index (χ1n) is 7.80. The molecule has 1 rings (SSSR count). The van der Waals surface area contributed by atoms with Crippen LogP contribution in [0.15, 0.2) is 30.3 Å². The Balaban J connectivity index is 2.34. The highest BCUT2D eigenvalue weighted by Crippen LogP contribution is 2.21. The fraction of sp³-hybridized carbons (Fsp3) is 0.611. The van der Waals surface area contributed by atoms with E-state index in [1.165, 1.54) is 5.56 Å². The van der Waals surface area contributed by atoms with Gasteiger partial charge >= 0.3 is 5.97 Å². The fourth-order valence-electron chi connectivity index (χ4n) is 1.91. The zero-order valence-corrected chi connectivity index (χ0v) is 14.2. The first-order chi connectivity index (χ1) is 9.77. The molecule has 1 aromatic rings. The van der Waals surface area contributed by atoms with Gasteiger partial charge in [0.25, 0.3) is 0 Å². The Hall–Kier alpha value is -1.35. The molecule has 0 fully saturated rings. The topological polar surface area (TPSA) is 26.3 Å². The minimum Gasteiger partial charge on any atom is -0.459 e. The number of carbonyl (C=O) groups excluding carboxylic acids is 1. The molecular weight excluding hydrogens is 262 g/mol.